The molecule has 0 radical (unpaired) electrons. The molecule has 0 aliphatic carbocycles. The van der Waals surface area contributed by atoms with Crippen LogP contribution in [0.5, 0.6) is 5.75 Å². The molecule has 118 valence electrons. The molecule has 0 aliphatic heterocycles. The van der Waals surface area contributed by atoms with Gasteiger partial charge in [-0.15, -0.1) is 0 Å². The quantitative estimate of drug-likeness (QED) is 0.669. The summed E-state index contributed by atoms with van der Waals surface area (Å²) in [5, 5.41) is 1.04. The summed E-state index contributed by atoms with van der Waals surface area (Å²) < 4.78 is 11.7. The van der Waals surface area contributed by atoms with E-state index in [-0.39, 0.29) is 11.2 Å². The first kappa shape index (κ1) is 15.6. The molecule has 0 aliphatic rings. The van der Waals surface area contributed by atoms with Gasteiger partial charge in [0.15, 0.2) is 5.76 Å². The van der Waals surface area contributed by atoms with Crippen molar-refractivity contribution in [2.24, 2.45) is 0 Å². The summed E-state index contributed by atoms with van der Waals surface area (Å²) in [5.41, 5.74) is 2.97. The van der Waals surface area contributed by atoms with Crippen molar-refractivity contribution in [2.75, 3.05) is 6.61 Å². The van der Waals surface area contributed by atoms with Crippen molar-refractivity contribution < 1.29 is 9.15 Å². The summed E-state index contributed by atoms with van der Waals surface area (Å²) in [6.07, 6.45) is 0. The van der Waals surface area contributed by atoms with E-state index in [0.29, 0.717) is 33.9 Å². The highest BCUT2D eigenvalue weighted by Gasteiger charge is 2.20. The van der Waals surface area contributed by atoms with Gasteiger partial charge in [0, 0.05) is 5.56 Å². The van der Waals surface area contributed by atoms with Crippen molar-refractivity contribution in [3.05, 3.63) is 62.8 Å². The zero-order chi connectivity index (χ0) is 16.6. The van der Waals surface area contributed by atoms with Gasteiger partial charge in [-0.1, -0.05) is 29.8 Å². The van der Waals surface area contributed by atoms with E-state index in [1.807, 2.05) is 51.1 Å². The minimum Gasteiger partial charge on any atom is -0.487 e. The van der Waals surface area contributed by atoms with Gasteiger partial charge in [0.05, 0.1) is 17.0 Å². The highest BCUT2D eigenvalue weighted by molar-refractivity contribution is 6.33. The molecule has 0 bridgehead atoms. The van der Waals surface area contributed by atoms with Crippen LogP contribution in [0.25, 0.3) is 22.3 Å². The summed E-state index contributed by atoms with van der Waals surface area (Å²) in [4.78, 5) is 12.9. The SMILES string of the molecule is CCOc1c(-c2ccccc2Cl)oc2c(C)cc(C)cc2c1=O. The Balaban J connectivity index is 2.44. The Bertz CT molecular complexity index is 941. The summed E-state index contributed by atoms with van der Waals surface area (Å²) >= 11 is 6.28. The van der Waals surface area contributed by atoms with Crippen LogP contribution in [0.4, 0.5) is 0 Å². The average Bonchev–Trinajstić information content (AvgIpc) is 2.51. The first-order valence-electron chi connectivity index (χ1n) is 7.48. The molecule has 2 aromatic carbocycles. The van der Waals surface area contributed by atoms with Crippen LogP contribution in [0, 0.1) is 13.8 Å². The molecular weight excluding hydrogens is 312 g/mol. The van der Waals surface area contributed by atoms with Gasteiger partial charge in [-0.2, -0.15) is 0 Å². The molecule has 0 fully saturated rings. The Morgan fingerprint density at radius 2 is 1.91 bits per heavy atom. The molecule has 0 spiro atoms. The molecule has 3 nitrogen and oxygen atoms in total. The number of halogens is 1. The topological polar surface area (TPSA) is 39.4 Å². The van der Waals surface area contributed by atoms with Gasteiger partial charge in [0.25, 0.3) is 0 Å². The third-order valence-electron chi connectivity index (χ3n) is 3.69. The number of aryl methyl sites for hydroxylation is 2. The van der Waals surface area contributed by atoms with E-state index in [4.69, 9.17) is 20.8 Å². The molecule has 0 saturated heterocycles. The molecular formula is C19H17ClO3. The molecule has 0 N–H and O–H groups in total. The van der Waals surface area contributed by atoms with Crippen LogP contribution in [0.1, 0.15) is 18.1 Å². The molecule has 0 atom stereocenters. The van der Waals surface area contributed by atoms with Crippen molar-refractivity contribution in [1.29, 1.82) is 0 Å². The Morgan fingerprint density at radius 1 is 1.17 bits per heavy atom. The van der Waals surface area contributed by atoms with Crippen molar-refractivity contribution in [1.82, 2.24) is 0 Å². The van der Waals surface area contributed by atoms with Crippen LogP contribution in [-0.4, -0.2) is 6.61 Å². The van der Waals surface area contributed by atoms with Crippen molar-refractivity contribution >= 4 is 22.6 Å². The lowest BCUT2D eigenvalue weighted by atomic mass is 10.1. The molecule has 4 heteroatoms. The number of benzene rings is 2. The van der Waals surface area contributed by atoms with E-state index in [1.54, 1.807) is 6.07 Å². The first-order chi connectivity index (χ1) is 11.0. The highest BCUT2D eigenvalue weighted by atomic mass is 35.5. The van der Waals surface area contributed by atoms with Gasteiger partial charge in [0.2, 0.25) is 11.2 Å². The van der Waals surface area contributed by atoms with Crippen LogP contribution >= 0.6 is 11.6 Å². The maximum atomic E-state index is 12.9. The van der Waals surface area contributed by atoms with Crippen LogP contribution < -0.4 is 10.2 Å². The third-order valence-corrected chi connectivity index (χ3v) is 4.02. The number of rotatable bonds is 3. The van der Waals surface area contributed by atoms with Crippen molar-refractivity contribution in [3.63, 3.8) is 0 Å². The van der Waals surface area contributed by atoms with Gasteiger partial charge in [-0.25, -0.2) is 0 Å². The molecule has 0 amide bonds. The zero-order valence-corrected chi connectivity index (χ0v) is 14.0. The van der Waals surface area contributed by atoms with Gasteiger partial charge in [0.1, 0.15) is 5.58 Å². The smallest absolute Gasteiger partial charge is 0.235 e. The lowest BCUT2D eigenvalue weighted by Crippen LogP contribution is -2.10. The average molecular weight is 329 g/mol. The van der Waals surface area contributed by atoms with Crippen LogP contribution in [0.3, 0.4) is 0 Å². The predicted octanol–water partition coefficient (Wildman–Crippen LogP) is 5.13. The maximum Gasteiger partial charge on any atom is 0.235 e. The number of hydrogen-bond donors (Lipinski definition) is 0. The van der Waals surface area contributed by atoms with Gasteiger partial charge >= 0.3 is 0 Å². The minimum absolute atomic E-state index is 0.171. The third kappa shape index (κ3) is 2.73. The Morgan fingerprint density at radius 3 is 2.61 bits per heavy atom. The fraction of sp³-hybridized carbons (Fsp3) is 0.211. The molecule has 0 unspecified atom stereocenters. The maximum absolute atomic E-state index is 12.9. The number of ether oxygens (including phenoxy) is 1. The monoisotopic (exact) mass is 328 g/mol. The summed E-state index contributed by atoms with van der Waals surface area (Å²) in [7, 11) is 0. The van der Waals surface area contributed by atoms with Gasteiger partial charge in [-0.3, -0.25) is 4.79 Å². The van der Waals surface area contributed by atoms with E-state index >= 15 is 0 Å². The van der Waals surface area contributed by atoms with Crippen LogP contribution in [0.2, 0.25) is 5.02 Å². The number of hydrogen-bond acceptors (Lipinski definition) is 3. The van der Waals surface area contributed by atoms with E-state index in [2.05, 4.69) is 0 Å². The minimum atomic E-state index is -0.171. The molecule has 1 heterocycles. The van der Waals surface area contributed by atoms with Crippen molar-refractivity contribution in [2.45, 2.75) is 20.8 Å². The fourth-order valence-corrected chi connectivity index (χ4v) is 2.95. The van der Waals surface area contributed by atoms with Gasteiger partial charge < -0.3 is 9.15 Å². The first-order valence-corrected chi connectivity index (χ1v) is 7.86. The largest absolute Gasteiger partial charge is 0.487 e. The molecule has 3 rings (SSSR count). The highest BCUT2D eigenvalue weighted by Crippen LogP contribution is 2.36. The summed E-state index contributed by atoms with van der Waals surface area (Å²) in [6.45, 7) is 6.09. The van der Waals surface area contributed by atoms with E-state index in [0.717, 1.165) is 11.1 Å². The standard InChI is InChI=1S/C19H17ClO3/c1-4-22-19-16(21)14-10-11(2)9-12(3)17(14)23-18(19)13-7-5-6-8-15(13)20/h5-10H,4H2,1-3H3. The second-order valence-corrected chi connectivity index (χ2v) is 5.87. The second-order valence-electron chi connectivity index (χ2n) is 5.46. The van der Waals surface area contributed by atoms with E-state index in [9.17, 15) is 4.79 Å². The Kier molecular flexibility index (Phi) is 4.14. The van der Waals surface area contributed by atoms with Crippen LogP contribution in [0.15, 0.2) is 45.6 Å². The van der Waals surface area contributed by atoms with E-state index < -0.39 is 0 Å². The fourth-order valence-electron chi connectivity index (χ4n) is 2.73. The summed E-state index contributed by atoms with van der Waals surface area (Å²) in [5.74, 6) is 0.583. The molecule has 1 aromatic heterocycles. The Hall–Kier alpha value is -2.26. The van der Waals surface area contributed by atoms with Crippen LogP contribution in [-0.2, 0) is 0 Å². The van der Waals surface area contributed by atoms with Crippen molar-refractivity contribution in [3.8, 4) is 17.1 Å². The summed E-state index contributed by atoms with van der Waals surface area (Å²) in [6, 6.07) is 11.1. The van der Waals surface area contributed by atoms with Gasteiger partial charge in [-0.05, 0) is 50.1 Å². The molecule has 23 heavy (non-hydrogen) atoms. The number of fused-ring (bicyclic) bond motifs is 1. The van der Waals surface area contributed by atoms with E-state index in [1.165, 1.54) is 0 Å². The molecule has 0 saturated carbocycles. The lowest BCUT2D eigenvalue weighted by molar-refractivity contribution is 0.330. The molecule has 3 aromatic rings. The predicted molar refractivity (Wildman–Crippen MR) is 93.6 cm³/mol. The lowest BCUT2D eigenvalue weighted by Gasteiger charge is -2.13. The zero-order valence-electron chi connectivity index (χ0n) is 13.3. The normalized spacial score (nSPS) is 11.0. The second kappa shape index (κ2) is 6.09. The Labute approximate surface area is 139 Å².